The Morgan fingerprint density at radius 3 is 2.43 bits per heavy atom. The Balaban J connectivity index is 1.71. The summed E-state index contributed by atoms with van der Waals surface area (Å²) in [5.41, 5.74) is 0.640. The number of piperidine rings is 2. The first-order chi connectivity index (χ1) is 11.0. The number of hydrogen-bond acceptors (Lipinski definition) is 2. The molecule has 124 valence electrons. The van der Waals surface area contributed by atoms with Gasteiger partial charge in [0.05, 0.1) is 10.7 Å². The van der Waals surface area contributed by atoms with Crippen LogP contribution in [-0.4, -0.2) is 35.0 Å². The van der Waals surface area contributed by atoms with Gasteiger partial charge in [-0.15, -0.1) is 0 Å². The van der Waals surface area contributed by atoms with Gasteiger partial charge in [0, 0.05) is 25.0 Å². The fraction of sp³-hybridized carbons (Fsp3) is 0.529. The summed E-state index contributed by atoms with van der Waals surface area (Å²) >= 11 is 6.13. The molecule has 2 bridgehead atoms. The second-order valence-electron chi connectivity index (χ2n) is 6.42. The van der Waals surface area contributed by atoms with Gasteiger partial charge in [0.15, 0.2) is 0 Å². The summed E-state index contributed by atoms with van der Waals surface area (Å²) in [6, 6.07) is 7.71. The molecule has 2 aliphatic heterocycles. The molecule has 2 saturated heterocycles. The normalized spacial score (nSPS) is 26.5. The van der Waals surface area contributed by atoms with Crippen molar-refractivity contribution in [3.63, 3.8) is 0 Å². The third kappa shape index (κ3) is 3.61. The summed E-state index contributed by atoms with van der Waals surface area (Å²) in [6.45, 7) is 1.55. The van der Waals surface area contributed by atoms with Crippen molar-refractivity contribution in [3.05, 3.63) is 29.3 Å². The number of hydrogen-bond donors (Lipinski definition) is 2. The third-order valence-electron chi connectivity index (χ3n) is 4.73. The highest BCUT2D eigenvalue weighted by Gasteiger charge is 2.41. The van der Waals surface area contributed by atoms with E-state index in [-0.39, 0.29) is 30.1 Å². The summed E-state index contributed by atoms with van der Waals surface area (Å²) in [4.78, 5) is 26.0. The minimum atomic E-state index is -0.0888. The molecule has 3 atom stereocenters. The van der Waals surface area contributed by atoms with E-state index < -0.39 is 0 Å². The number of carbonyl (C=O) groups excluding carboxylic acids is 2. The van der Waals surface area contributed by atoms with E-state index in [0.717, 1.165) is 32.1 Å². The first-order valence-electron chi connectivity index (χ1n) is 8.15. The number of halogens is 1. The van der Waals surface area contributed by atoms with Crippen molar-refractivity contribution in [2.24, 2.45) is 0 Å². The predicted molar refractivity (Wildman–Crippen MR) is 90.6 cm³/mol. The second-order valence-corrected chi connectivity index (χ2v) is 6.83. The third-order valence-corrected chi connectivity index (χ3v) is 5.06. The highest BCUT2D eigenvalue weighted by atomic mass is 35.5. The molecule has 0 aromatic heterocycles. The van der Waals surface area contributed by atoms with Crippen LogP contribution >= 0.6 is 11.6 Å². The number of fused-ring (bicyclic) bond motifs is 2. The minimum absolute atomic E-state index is 0.00189. The first-order valence-corrected chi connectivity index (χ1v) is 8.53. The van der Waals surface area contributed by atoms with Crippen molar-refractivity contribution < 1.29 is 9.59 Å². The molecule has 5 nitrogen and oxygen atoms in total. The number of nitrogens with one attached hydrogen (secondary N) is 2. The molecule has 2 fully saturated rings. The summed E-state index contributed by atoms with van der Waals surface area (Å²) < 4.78 is 0. The number of rotatable bonds is 2. The zero-order valence-electron chi connectivity index (χ0n) is 13.2. The lowest BCUT2D eigenvalue weighted by Gasteiger charge is -2.48. The number of urea groups is 1. The van der Waals surface area contributed by atoms with Crippen molar-refractivity contribution in [1.82, 2.24) is 10.2 Å². The Labute approximate surface area is 141 Å². The van der Waals surface area contributed by atoms with Crippen LogP contribution in [0.1, 0.15) is 39.0 Å². The Morgan fingerprint density at radius 2 is 1.83 bits per heavy atom. The van der Waals surface area contributed by atoms with Gasteiger partial charge in [0.25, 0.3) is 0 Å². The van der Waals surface area contributed by atoms with Gasteiger partial charge in [0.1, 0.15) is 0 Å². The highest BCUT2D eigenvalue weighted by molar-refractivity contribution is 6.33. The highest BCUT2D eigenvalue weighted by Crippen LogP contribution is 2.35. The maximum atomic E-state index is 12.7. The molecule has 0 radical (unpaired) electrons. The molecule has 2 N–H and O–H groups in total. The van der Waals surface area contributed by atoms with Gasteiger partial charge < -0.3 is 15.5 Å². The van der Waals surface area contributed by atoms with Crippen molar-refractivity contribution in [2.75, 3.05) is 5.32 Å². The van der Waals surface area contributed by atoms with Crippen LogP contribution in [0.5, 0.6) is 0 Å². The van der Waals surface area contributed by atoms with Crippen LogP contribution in [0.15, 0.2) is 24.3 Å². The summed E-state index contributed by atoms with van der Waals surface area (Å²) in [5.74, 6) is 0.00189. The predicted octanol–water partition coefficient (Wildman–Crippen LogP) is 3.39. The largest absolute Gasteiger partial charge is 0.353 e. The molecule has 2 aliphatic rings. The van der Waals surface area contributed by atoms with E-state index in [9.17, 15) is 9.59 Å². The monoisotopic (exact) mass is 335 g/mol. The second kappa shape index (κ2) is 6.79. The Bertz CT molecular complexity index is 593. The van der Waals surface area contributed by atoms with Crippen molar-refractivity contribution in [3.8, 4) is 0 Å². The van der Waals surface area contributed by atoms with Crippen molar-refractivity contribution >= 4 is 29.2 Å². The molecule has 3 rings (SSSR count). The van der Waals surface area contributed by atoms with Crippen LogP contribution in [0.2, 0.25) is 5.02 Å². The number of anilines is 1. The average Bonchev–Trinajstić information content (AvgIpc) is 2.48. The molecule has 0 spiro atoms. The Morgan fingerprint density at radius 1 is 1.17 bits per heavy atom. The van der Waals surface area contributed by atoms with E-state index in [1.807, 2.05) is 17.0 Å². The zero-order valence-corrected chi connectivity index (χ0v) is 14.0. The van der Waals surface area contributed by atoms with Crippen LogP contribution in [0.25, 0.3) is 0 Å². The molecule has 6 heteroatoms. The molecular formula is C17H22ClN3O2. The molecule has 3 amide bonds. The molecule has 2 heterocycles. The number of para-hydroxylation sites is 1. The molecule has 23 heavy (non-hydrogen) atoms. The molecule has 1 aromatic rings. The number of amides is 3. The van der Waals surface area contributed by atoms with Gasteiger partial charge in [0.2, 0.25) is 5.91 Å². The van der Waals surface area contributed by atoms with Gasteiger partial charge in [-0.2, -0.15) is 0 Å². The van der Waals surface area contributed by atoms with Gasteiger partial charge in [-0.05, 0) is 44.2 Å². The number of nitrogens with zero attached hydrogens (tertiary/aromatic N) is 1. The van der Waals surface area contributed by atoms with Gasteiger partial charge in [-0.25, -0.2) is 4.79 Å². The maximum Gasteiger partial charge on any atom is 0.322 e. The quantitative estimate of drug-likeness (QED) is 0.870. The van der Waals surface area contributed by atoms with Crippen LogP contribution in [0, 0.1) is 0 Å². The van der Waals surface area contributed by atoms with E-state index in [1.54, 1.807) is 19.1 Å². The molecule has 0 saturated carbocycles. The summed E-state index contributed by atoms with van der Waals surface area (Å²) in [5, 5.41) is 6.48. The van der Waals surface area contributed by atoms with Gasteiger partial charge >= 0.3 is 6.03 Å². The van der Waals surface area contributed by atoms with Gasteiger partial charge in [-0.3, -0.25) is 4.79 Å². The summed E-state index contributed by atoms with van der Waals surface area (Å²) in [6.07, 6.45) is 4.76. The average molecular weight is 336 g/mol. The van der Waals surface area contributed by atoms with Crippen LogP contribution in [0.3, 0.4) is 0 Å². The lowest BCUT2D eigenvalue weighted by molar-refractivity contribution is -0.120. The number of benzene rings is 1. The van der Waals surface area contributed by atoms with Crippen molar-refractivity contribution in [2.45, 2.75) is 57.2 Å². The topological polar surface area (TPSA) is 61.4 Å². The smallest absolute Gasteiger partial charge is 0.322 e. The molecule has 1 unspecified atom stereocenters. The SMILES string of the molecule is CC(=O)NC1C[C@H]2CCC[C@@H](C1)N2C(=O)Nc1ccccc1Cl. The molecular weight excluding hydrogens is 314 g/mol. The van der Waals surface area contributed by atoms with E-state index in [1.165, 1.54) is 0 Å². The Hall–Kier alpha value is -1.75. The fourth-order valence-corrected chi connectivity index (χ4v) is 4.04. The first kappa shape index (κ1) is 16.1. The van der Waals surface area contributed by atoms with Crippen LogP contribution in [0.4, 0.5) is 10.5 Å². The Kier molecular flexibility index (Phi) is 4.76. The maximum absolute atomic E-state index is 12.7. The van der Waals surface area contributed by atoms with Crippen molar-refractivity contribution in [1.29, 1.82) is 0 Å². The fourth-order valence-electron chi connectivity index (χ4n) is 3.86. The van der Waals surface area contributed by atoms with Crippen LogP contribution in [-0.2, 0) is 4.79 Å². The standard InChI is InChI=1S/C17H22ClN3O2/c1-11(22)19-12-9-13-5-4-6-14(10-12)21(13)17(23)20-16-8-3-2-7-15(16)18/h2-3,7-8,12-14H,4-6,9-10H2,1H3,(H,19,22)(H,20,23)/t12?,13-,14+. The van der Waals surface area contributed by atoms with Gasteiger partial charge in [-0.1, -0.05) is 23.7 Å². The van der Waals surface area contributed by atoms with E-state index in [0.29, 0.717) is 10.7 Å². The van der Waals surface area contributed by atoms with E-state index in [2.05, 4.69) is 10.6 Å². The zero-order chi connectivity index (χ0) is 16.4. The summed E-state index contributed by atoms with van der Waals surface area (Å²) in [7, 11) is 0. The lowest BCUT2D eigenvalue weighted by Crippen LogP contribution is -2.59. The molecule has 0 aliphatic carbocycles. The molecule has 1 aromatic carbocycles. The minimum Gasteiger partial charge on any atom is -0.353 e. The lowest BCUT2D eigenvalue weighted by atomic mass is 9.82. The van der Waals surface area contributed by atoms with E-state index in [4.69, 9.17) is 11.6 Å². The van der Waals surface area contributed by atoms with Crippen LogP contribution < -0.4 is 10.6 Å². The van der Waals surface area contributed by atoms with E-state index >= 15 is 0 Å². The number of carbonyl (C=O) groups is 2.